The third-order valence-electron chi connectivity index (χ3n) is 3.33. The predicted octanol–water partition coefficient (Wildman–Crippen LogP) is 3.01. The molecule has 0 bridgehead atoms. The number of halogens is 3. The van der Waals surface area contributed by atoms with E-state index >= 15 is 0 Å². The fraction of sp³-hybridized carbons (Fsp3) is 0.438. The summed E-state index contributed by atoms with van der Waals surface area (Å²) >= 11 is 0. The van der Waals surface area contributed by atoms with Crippen LogP contribution in [-0.2, 0) is 6.54 Å². The zero-order valence-electron chi connectivity index (χ0n) is 12.9. The number of guanidine groups is 1. The molecule has 7 heteroatoms. The van der Waals surface area contributed by atoms with Crippen molar-refractivity contribution >= 4 is 5.96 Å². The molecule has 4 nitrogen and oxygen atoms in total. The number of rotatable bonds is 5. The molecular formula is C16H20F3N3O. The molecule has 2 N–H and O–H groups in total. The van der Waals surface area contributed by atoms with Gasteiger partial charge in [0.2, 0.25) is 0 Å². The number of aliphatic imine (C=N–C) groups is 1. The first-order valence-electron chi connectivity index (χ1n) is 7.37. The van der Waals surface area contributed by atoms with Crippen LogP contribution in [0.2, 0.25) is 0 Å². The maximum Gasteiger partial charge on any atom is 0.422 e. The van der Waals surface area contributed by atoms with Crippen LogP contribution < -0.4 is 15.4 Å². The average molecular weight is 327 g/mol. The molecule has 23 heavy (non-hydrogen) atoms. The van der Waals surface area contributed by atoms with Crippen LogP contribution >= 0.6 is 0 Å². The monoisotopic (exact) mass is 327 g/mol. The summed E-state index contributed by atoms with van der Waals surface area (Å²) < 4.78 is 41.3. The molecule has 1 aliphatic carbocycles. The van der Waals surface area contributed by atoms with E-state index in [1.54, 1.807) is 19.2 Å². The van der Waals surface area contributed by atoms with E-state index in [-0.39, 0.29) is 5.75 Å². The minimum Gasteiger partial charge on any atom is -0.484 e. The summed E-state index contributed by atoms with van der Waals surface area (Å²) in [5, 5.41) is 6.44. The van der Waals surface area contributed by atoms with Crippen molar-refractivity contribution in [3.8, 4) is 5.75 Å². The van der Waals surface area contributed by atoms with Crippen LogP contribution in [0, 0.1) is 0 Å². The zero-order valence-corrected chi connectivity index (χ0v) is 12.9. The maximum atomic E-state index is 12.2. The Labute approximate surface area is 133 Å². The first-order valence-corrected chi connectivity index (χ1v) is 7.37. The summed E-state index contributed by atoms with van der Waals surface area (Å²) in [6, 6.07) is 6.91. The highest BCUT2D eigenvalue weighted by atomic mass is 19.4. The Morgan fingerprint density at radius 2 is 2.04 bits per heavy atom. The molecule has 0 unspecified atom stereocenters. The quantitative estimate of drug-likeness (QED) is 0.496. The normalized spacial score (nSPS) is 15.7. The molecular weight excluding hydrogens is 307 g/mol. The van der Waals surface area contributed by atoms with E-state index in [1.165, 1.54) is 6.07 Å². The van der Waals surface area contributed by atoms with Crippen molar-refractivity contribution in [1.29, 1.82) is 0 Å². The van der Waals surface area contributed by atoms with Crippen LogP contribution in [0.1, 0.15) is 18.4 Å². The Morgan fingerprint density at radius 1 is 1.30 bits per heavy atom. The van der Waals surface area contributed by atoms with Gasteiger partial charge in [-0.05, 0) is 30.5 Å². The molecule has 0 saturated carbocycles. The highest BCUT2D eigenvalue weighted by Gasteiger charge is 2.28. The number of alkyl halides is 3. The van der Waals surface area contributed by atoms with Gasteiger partial charge in [0.25, 0.3) is 0 Å². The van der Waals surface area contributed by atoms with E-state index in [9.17, 15) is 13.2 Å². The zero-order chi connectivity index (χ0) is 16.7. The Hall–Kier alpha value is -2.18. The fourth-order valence-electron chi connectivity index (χ4n) is 2.22. The Bertz CT molecular complexity index is 562. The fourth-order valence-corrected chi connectivity index (χ4v) is 2.22. The number of nitrogens with one attached hydrogen (secondary N) is 2. The van der Waals surface area contributed by atoms with E-state index in [0.29, 0.717) is 18.5 Å². The van der Waals surface area contributed by atoms with E-state index < -0.39 is 12.8 Å². The van der Waals surface area contributed by atoms with Crippen molar-refractivity contribution in [3.63, 3.8) is 0 Å². The van der Waals surface area contributed by atoms with Gasteiger partial charge in [0.1, 0.15) is 5.75 Å². The van der Waals surface area contributed by atoms with Crippen molar-refractivity contribution in [2.45, 2.75) is 31.6 Å². The molecule has 0 amide bonds. The van der Waals surface area contributed by atoms with Gasteiger partial charge in [-0.2, -0.15) is 13.2 Å². The molecule has 0 fully saturated rings. The Kier molecular flexibility index (Phi) is 5.90. The van der Waals surface area contributed by atoms with Crippen LogP contribution in [0.25, 0.3) is 0 Å². The van der Waals surface area contributed by atoms with Gasteiger partial charge >= 0.3 is 6.18 Å². The third-order valence-corrected chi connectivity index (χ3v) is 3.33. The van der Waals surface area contributed by atoms with E-state index in [4.69, 9.17) is 4.74 Å². The van der Waals surface area contributed by atoms with Crippen molar-refractivity contribution < 1.29 is 17.9 Å². The highest BCUT2D eigenvalue weighted by Crippen LogP contribution is 2.19. The standard InChI is InChI=1S/C16H20F3N3O/c1-20-15(22-13-6-2-3-7-13)21-10-12-5-4-8-14(9-12)23-11-16(17,18)19/h2-5,8-9,13H,6-7,10-11H2,1H3,(H2,20,21,22). The largest absolute Gasteiger partial charge is 0.484 e. The van der Waals surface area contributed by atoms with Gasteiger partial charge in [-0.1, -0.05) is 24.3 Å². The van der Waals surface area contributed by atoms with Crippen molar-refractivity contribution in [1.82, 2.24) is 10.6 Å². The first kappa shape index (κ1) is 17.2. The lowest BCUT2D eigenvalue weighted by Crippen LogP contribution is -2.42. The average Bonchev–Trinajstić information content (AvgIpc) is 3.02. The molecule has 0 saturated heterocycles. The molecule has 0 spiro atoms. The van der Waals surface area contributed by atoms with Crippen LogP contribution in [0.3, 0.4) is 0 Å². The number of hydrogen-bond acceptors (Lipinski definition) is 2. The SMILES string of the molecule is CN=C(NCc1cccc(OCC(F)(F)F)c1)NC1CC=CC1. The molecule has 2 rings (SSSR count). The lowest BCUT2D eigenvalue weighted by atomic mass is 10.2. The predicted molar refractivity (Wildman–Crippen MR) is 83.5 cm³/mol. The number of hydrogen-bond donors (Lipinski definition) is 2. The number of nitrogens with zero attached hydrogens (tertiary/aromatic N) is 1. The summed E-state index contributed by atoms with van der Waals surface area (Å²) in [6.45, 7) is -0.842. The minimum atomic E-state index is -4.34. The second kappa shape index (κ2) is 7.89. The van der Waals surface area contributed by atoms with Crippen molar-refractivity contribution in [3.05, 3.63) is 42.0 Å². The molecule has 1 aromatic carbocycles. The topological polar surface area (TPSA) is 45.7 Å². The molecule has 1 aromatic rings. The lowest BCUT2D eigenvalue weighted by Gasteiger charge is -2.17. The minimum absolute atomic E-state index is 0.199. The molecule has 0 heterocycles. The van der Waals surface area contributed by atoms with Crippen molar-refractivity contribution in [2.24, 2.45) is 4.99 Å². The Balaban J connectivity index is 1.84. The number of benzene rings is 1. The Morgan fingerprint density at radius 3 is 2.70 bits per heavy atom. The smallest absolute Gasteiger partial charge is 0.422 e. The van der Waals surface area contributed by atoms with Gasteiger partial charge in [0.05, 0.1) is 0 Å². The van der Waals surface area contributed by atoms with Gasteiger partial charge in [-0.3, -0.25) is 4.99 Å². The summed E-state index contributed by atoms with van der Waals surface area (Å²) in [5.74, 6) is 0.866. The third kappa shape index (κ3) is 6.22. The summed E-state index contributed by atoms with van der Waals surface area (Å²) in [7, 11) is 1.68. The second-order valence-corrected chi connectivity index (χ2v) is 5.26. The summed E-state index contributed by atoms with van der Waals surface area (Å²) in [6.07, 6.45) is 1.82. The molecule has 0 atom stereocenters. The van der Waals surface area contributed by atoms with Gasteiger partial charge in [0, 0.05) is 19.6 Å². The molecule has 0 aliphatic heterocycles. The van der Waals surface area contributed by atoms with E-state index in [2.05, 4.69) is 27.8 Å². The van der Waals surface area contributed by atoms with Crippen LogP contribution in [0.4, 0.5) is 13.2 Å². The van der Waals surface area contributed by atoms with Crippen molar-refractivity contribution in [2.75, 3.05) is 13.7 Å². The van der Waals surface area contributed by atoms with E-state index in [0.717, 1.165) is 18.4 Å². The highest BCUT2D eigenvalue weighted by molar-refractivity contribution is 5.80. The van der Waals surface area contributed by atoms with Gasteiger partial charge in [-0.25, -0.2) is 0 Å². The first-order chi connectivity index (χ1) is 11.0. The summed E-state index contributed by atoms with van der Waals surface area (Å²) in [5.41, 5.74) is 0.817. The molecule has 126 valence electrons. The number of ether oxygens (including phenoxy) is 1. The van der Waals surface area contributed by atoms with Gasteiger partial charge in [-0.15, -0.1) is 0 Å². The van der Waals surface area contributed by atoms with Gasteiger partial charge in [0.15, 0.2) is 12.6 Å². The van der Waals surface area contributed by atoms with Gasteiger partial charge < -0.3 is 15.4 Å². The van der Waals surface area contributed by atoms with Crippen LogP contribution in [-0.4, -0.2) is 31.8 Å². The molecule has 0 radical (unpaired) electrons. The molecule has 0 aromatic heterocycles. The molecule has 1 aliphatic rings. The second-order valence-electron chi connectivity index (χ2n) is 5.26. The van der Waals surface area contributed by atoms with Crippen LogP contribution in [0.15, 0.2) is 41.4 Å². The van der Waals surface area contributed by atoms with E-state index in [1.807, 2.05) is 6.07 Å². The maximum absolute atomic E-state index is 12.2. The lowest BCUT2D eigenvalue weighted by molar-refractivity contribution is -0.153. The van der Waals surface area contributed by atoms with Crippen LogP contribution in [0.5, 0.6) is 5.75 Å². The summed E-state index contributed by atoms with van der Waals surface area (Å²) in [4.78, 5) is 4.14.